The fraction of sp³-hybridized carbons (Fsp3) is 0.533. The average molecular weight is 357 g/mol. The molecule has 1 aliphatic heterocycles. The van der Waals surface area contributed by atoms with Gasteiger partial charge < -0.3 is 9.64 Å². The minimum absolute atomic E-state index is 0.145. The monoisotopic (exact) mass is 356 g/mol. The standard InChI is InChI=1S/C15H18Cl2N4O2/c1-15(2,3)23-14(22)21-7-10(13(8-21)19-20-18)9-4-5-11(16)12(17)6-9/h4-6,10,13H,7-8H2,1-3H3. The third-order valence-electron chi connectivity index (χ3n) is 3.51. The summed E-state index contributed by atoms with van der Waals surface area (Å²) in [6.45, 7) is 6.13. The highest BCUT2D eigenvalue weighted by molar-refractivity contribution is 6.42. The van der Waals surface area contributed by atoms with Crippen molar-refractivity contribution in [3.8, 4) is 0 Å². The number of rotatable bonds is 2. The summed E-state index contributed by atoms with van der Waals surface area (Å²) < 4.78 is 5.38. The smallest absolute Gasteiger partial charge is 0.410 e. The van der Waals surface area contributed by atoms with E-state index in [1.807, 2.05) is 26.8 Å². The minimum atomic E-state index is -0.577. The van der Waals surface area contributed by atoms with Crippen molar-refractivity contribution in [3.05, 3.63) is 44.3 Å². The average Bonchev–Trinajstić information content (AvgIpc) is 2.85. The first-order chi connectivity index (χ1) is 10.7. The maximum absolute atomic E-state index is 12.2. The van der Waals surface area contributed by atoms with Crippen molar-refractivity contribution < 1.29 is 9.53 Å². The molecule has 2 unspecified atom stereocenters. The summed E-state index contributed by atoms with van der Waals surface area (Å²) in [7, 11) is 0. The lowest BCUT2D eigenvalue weighted by atomic mass is 9.95. The summed E-state index contributed by atoms with van der Waals surface area (Å²) in [6, 6.07) is 4.90. The van der Waals surface area contributed by atoms with E-state index in [0.29, 0.717) is 23.1 Å². The quantitative estimate of drug-likeness (QED) is 0.424. The lowest BCUT2D eigenvalue weighted by Crippen LogP contribution is -2.35. The van der Waals surface area contributed by atoms with Crippen LogP contribution in [0.3, 0.4) is 0 Å². The van der Waals surface area contributed by atoms with Crippen LogP contribution in [0.2, 0.25) is 10.0 Å². The summed E-state index contributed by atoms with van der Waals surface area (Å²) >= 11 is 12.0. The van der Waals surface area contributed by atoms with Crippen molar-refractivity contribution >= 4 is 29.3 Å². The van der Waals surface area contributed by atoms with E-state index in [2.05, 4.69) is 10.0 Å². The molecule has 0 N–H and O–H groups in total. The Balaban J connectivity index is 2.23. The lowest BCUT2D eigenvalue weighted by Gasteiger charge is -2.24. The number of carbonyl (C=O) groups is 1. The fourth-order valence-corrected chi connectivity index (χ4v) is 2.82. The van der Waals surface area contributed by atoms with Crippen LogP contribution in [0, 0.1) is 0 Å². The van der Waals surface area contributed by atoms with Crippen LogP contribution in [0.25, 0.3) is 10.4 Å². The Morgan fingerprint density at radius 2 is 2.04 bits per heavy atom. The molecule has 0 aromatic heterocycles. The maximum atomic E-state index is 12.2. The van der Waals surface area contributed by atoms with Gasteiger partial charge in [-0.3, -0.25) is 0 Å². The van der Waals surface area contributed by atoms with Crippen LogP contribution in [0.1, 0.15) is 32.3 Å². The van der Waals surface area contributed by atoms with Crippen molar-refractivity contribution in [1.29, 1.82) is 0 Å². The second-order valence-electron chi connectivity index (χ2n) is 6.44. The van der Waals surface area contributed by atoms with Gasteiger partial charge >= 0.3 is 6.09 Å². The molecule has 0 radical (unpaired) electrons. The Labute approximate surface area is 144 Å². The van der Waals surface area contributed by atoms with Gasteiger partial charge in [0.05, 0.1) is 16.1 Å². The van der Waals surface area contributed by atoms with Crippen LogP contribution in [-0.2, 0) is 4.74 Å². The molecule has 1 aliphatic rings. The number of carbonyl (C=O) groups excluding carboxylic acids is 1. The number of hydrogen-bond donors (Lipinski definition) is 0. The number of amides is 1. The van der Waals surface area contributed by atoms with E-state index in [1.54, 1.807) is 17.0 Å². The molecule has 1 aromatic carbocycles. The van der Waals surface area contributed by atoms with E-state index in [0.717, 1.165) is 5.56 Å². The Morgan fingerprint density at radius 3 is 2.61 bits per heavy atom. The summed E-state index contributed by atoms with van der Waals surface area (Å²) in [5.41, 5.74) is 9.08. The maximum Gasteiger partial charge on any atom is 0.410 e. The first-order valence-corrected chi connectivity index (χ1v) is 7.94. The molecule has 1 fully saturated rings. The molecule has 2 rings (SSSR count). The summed E-state index contributed by atoms with van der Waals surface area (Å²) in [5, 5.41) is 4.70. The van der Waals surface area contributed by atoms with Gasteiger partial charge in [0.25, 0.3) is 0 Å². The van der Waals surface area contributed by atoms with Crippen molar-refractivity contribution in [2.45, 2.75) is 38.3 Å². The SMILES string of the molecule is CC(C)(C)OC(=O)N1CC(N=[N+]=[N-])C(c2ccc(Cl)c(Cl)c2)C1. The van der Waals surface area contributed by atoms with Crippen LogP contribution in [0.15, 0.2) is 23.3 Å². The van der Waals surface area contributed by atoms with Crippen LogP contribution < -0.4 is 0 Å². The van der Waals surface area contributed by atoms with Crippen LogP contribution >= 0.6 is 23.2 Å². The van der Waals surface area contributed by atoms with E-state index in [9.17, 15) is 4.79 Å². The Morgan fingerprint density at radius 1 is 1.35 bits per heavy atom. The molecular formula is C15H18Cl2N4O2. The molecule has 0 aliphatic carbocycles. The van der Waals surface area contributed by atoms with Crippen molar-refractivity contribution in [2.24, 2.45) is 5.11 Å². The van der Waals surface area contributed by atoms with E-state index < -0.39 is 11.7 Å². The van der Waals surface area contributed by atoms with Crippen LogP contribution in [0.4, 0.5) is 4.79 Å². The van der Waals surface area contributed by atoms with Crippen LogP contribution in [0.5, 0.6) is 0 Å². The van der Waals surface area contributed by atoms with Crippen molar-refractivity contribution in [2.75, 3.05) is 13.1 Å². The second-order valence-corrected chi connectivity index (χ2v) is 7.25. The number of benzene rings is 1. The fourth-order valence-electron chi connectivity index (χ4n) is 2.52. The number of ether oxygens (including phenoxy) is 1. The lowest BCUT2D eigenvalue weighted by molar-refractivity contribution is 0.0290. The van der Waals surface area contributed by atoms with E-state index >= 15 is 0 Å². The zero-order valence-electron chi connectivity index (χ0n) is 13.2. The Kier molecular flexibility index (Phi) is 5.30. The predicted molar refractivity (Wildman–Crippen MR) is 89.9 cm³/mol. The molecule has 8 heteroatoms. The van der Waals surface area contributed by atoms with Crippen molar-refractivity contribution in [3.63, 3.8) is 0 Å². The molecule has 0 spiro atoms. The van der Waals surface area contributed by atoms with Gasteiger partial charge in [-0.2, -0.15) is 0 Å². The number of halogens is 2. The van der Waals surface area contributed by atoms with Gasteiger partial charge in [-0.05, 0) is 44.0 Å². The summed E-state index contributed by atoms with van der Waals surface area (Å²) in [6.07, 6.45) is -0.418. The second kappa shape index (κ2) is 6.87. The molecular weight excluding hydrogens is 339 g/mol. The molecule has 1 aromatic rings. The summed E-state index contributed by atoms with van der Waals surface area (Å²) in [4.78, 5) is 16.7. The molecule has 2 atom stereocenters. The van der Waals surface area contributed by atoms with Gasteiger partial charge in [-0.25, -0.2) is 4.79 Å². The molecule has 6 nitrogen and oxygen atoms in total. The van der Waals surface area contributed by atoms with Gasteiger partial charge in [0, 0.05) is 23.9 Å². The molecule has 1 heterocycles. The third kappa shape index (κ3) is 4.44. The highest BCUT2D eigenvalue weighted by Crippen LogP contribution is 2.34. The number of likely N-dealkylation sites (tertiary alicyclic amines) is 1. The Hall–Kier alpha value is -1.62. The minimum Gasteiger partial charge on any atom is -0.444 e. The van der Waals surface area contributed by atoms with Gasteiger partial charge in [0.15, 0.2) is 0 Å². The van der Waals surface area contributed by atoms with Crippen LogP contribution in [-0.4, -0.2) is 35.7 Å². The van der Waals surface area contributed by atoms with E-state index in [4.69, 9.17) is 33.5 Å². The van der Waals surface area contributed by atoms with Crippen molar-refractivity contribution in [1.82, 2.24) is 4.90 Å². The topological polar surface area (TPSA) is 78.3 Å². The zero-order chi connectivity index (χ0) is 17.2. The molecule has 23 heavy (non-hydrogen) atoms. The van der Waals surface area contributed by atoms with E-state index in [1.165, 1.54) is 0 Å². The van der Waals surface area contributed by atoms with Gasteiger partial charge in [0.1, 0.15) is 5.60 Å². The molecule has 124 valence electrons. The Bertz CT molecular complexity index is 653. The van der Waals surface area contributed by atoms with Gasteiger partial charge in [0.2, 0.25) is 0 Å². The molecule has 1 amide bonds. The van der Waals surface area contributed by atoms with Gasteiger partial charge in [-0.1, -0.05) is 34.4 Å². The summed E-state index contributed by atoms with van der Waals surface area (Å²) in [5.74, 6) is -0.145. The highest BCUT2D eigenvalue weighted by atomic mass is 35.5. The number of nitrogens with zero attached hydrogens (tertiary/aromatic N) is 4. The highest BCUT2D eigenvalue weighted by Gasteiger charge is 2.37. The normalized spacial score (nSPS) is 21.0. The predicted octanol–water partition coefficient (Wildman–Crippen LogP) is 5.01. The largest absolute Gasteiger partial charge is 0.444 e. The third-order valence-corrected chi connectivity index (χ3v) is 4.25. The molecule has 1 saturated heterocycles. The number of hydrogen-bond acceptors (Lipinski definition) is 3. The zero-order valence-corrected chi connectivity index (χ0v) is 14.7. The van der Waals surface area contributed by atoms with E-state index in [-0.39, 0.29) is 12.0 Å². The molecule has 0 bridgehead atoms. The van der Waals surface area contributed by atoms with Gasteiger partial charge in [-0.15, -0.1) is 0 Å². The first kappa shape index (κ1) is 17.7. The first-order valence-electron chi connectivity index (χ1n) is 7.18. The number of azide groups is 1. The molecule has 0 saturated carbocycles.